The van der Waals surface area contributed by atoms with Crippen LogP contribution in [0.25, 0.3) is 0 Å². The molecule has 3 nitrogen and oxygen atoms in total. The lowest BCUT2D eigenvalue weighted by Crippen LogP contribution is -2.02. The molecule has 1 aromatic heterocycles. The number of hydrogen-bond acceptors (Lipinski definition) is 3. The molecular formula is C15H17Br2N3. The van der Waals surface area contributed by atoms with E-state index in [1.165, 1.54) is 11.1 Å². The Kier molecular flexibility index (Phi) is 4.81. The minimum absolute atomic E-state index is 0.293. The highest BCUT2D eigenvalue weighted by molar-refractivity contribution is 9.10. The van der Waals surface area contributed by atoms with Crippen molar-refractivity contribution in [2.45, 2.75) is 33.6 Å². The van der Waals surface area contributed by atoms with Gasteiger partial charge in [0.2, 0.25) is 0 Å². The Balaban J connectivity index is 2.35. The Hall–Kier alpha value is -0.940. The largest absolute Gasteiger partial charge is 0.340 e. The predicted octanol–water partition coefficient (Wildman–Crippen LogP) is 5.49. The molecule has 0 amide bonds. The Morgan fingerprint density at radius 1 is 1.00 bits per heavy atom. The zero-order chi connectivity index (χ0) is 14.9. The Labute approximate surface area is 136 Å². The summed E-state index contributed by atoms with van der Waals surface area (Å²) in [5.41, 5.74) is 3.43. The number of benzene rings is 1. The van der Waals surface area contributed by atoms with E-state index in [0.29, 0.717) is 5.92 Å². The minimum Gasteiger partial charge on any atom is -0.340 e. The van der Waals surface area contributed by atoms with Gasteiger partial charge in [-0.15, -0.1) is 0 Å². The fourth-order valence-electron chi connectivity index (χ4n) is 1.92. The van der Waals surface area contributed by atoms with E-state index in [1.807, 2.05) is 6.07 Å². The molecule has 1 heterocycles. The second-order valence-electron chi connectivity index (χ2n) is 5.14. The number of nitrogens with zero attached hydrogens (tertiary/aromatic N) is 2. The van der Waals surface area contributed by atoms with Gasteiger partial charge in [0.1, 0.15) is 16.2 Å². The highest BCUT2D eigenvalue weighted by Gasteiger charge is 2.08. The van der Waals surface area contributed by atoms with Gasteiger partial charge in [-0.1, -0.05) is 29.8 Å². The summed E-state index contributed by atoms with van der Waals surface area (Å²) in [6.45, 7) is 8.33. The van der Waals surface area contributed by atoms with Crippen molar-refractivity contribution in [3.63, 3.8) is 0 Å². The summed E-state index contributed by atoms with van der Waals surface area (Å²) in [5.74, 6) is 1.92. The van der Waals surface area contributed by atoms with Crippen molar-refractivity contribution < 1.29 is 0 Å². The molecule has 0 radical (unpaired) electrons. The molecule has 2 aromatic rings. The zero-order valence-corrected chi connectivity index (χ0v) is 15.1. The maximum absolute atomic E-state index is 4.55. The van der Waals surface area contributed by atoms with E-state index < -0.39 is 0 Å². The Bertz CT molecular complexity index is 616. The summed E-state index contributed by atoms with van der Waals surface area (Å²) in [5, 5.41) is 3.35. The van der Waals surface area contributed by atoms with E-state index >= 15 is 0 Å². The molecule has 1 aromatic carbocycles. The lowest BCUT2D eigenvalue weighted by Gasteiger charge is -2.12. The first kappa shape index (κ1) is 15.4. The van der Waals surface area contributed by atoms with Gasteiger partial charge in [-0.2, -0.15) is 0 Å². The molecule has 0 aliphatic rings. The van der Waals surface area contributed by atoms with E-state index in [0.717, 1.165) is 26.4 Å². The van der Waals surface area contributed by atoms with Crippen LogP contribution in [-0.2, 0) is 0 Å². The van der Waals surface area contributed by atoms with Gasteiger partial charge in [0.05, 0.1) is 0 Å². The second-order valence-corrected chi connectivity index (χ2v) is 6.74. The average molecular weight is 399 g/mol. The summed E-state index contributed by atoms with van der Waals surface area (Å²) in [4.78, 5) is 8.93. The van der Waals surface area contributed by atoms with Gasteiger partial charge < -0.3 is 5.32 Å². The van der Waals surface area contributed by atoms with Crippen LogP contribution in [0.4, 0.5) is 11.5 Å². The fraction of sp³-hybridized carbons (Fsp3) is 0.333. The van der Waals surface area contributed by atoms with Crippen molar-refractivity contribution in [3.05, 3.63) is 44.2 Å². The first-order valence-corrected chi connectivity index (χ1v) is 8.03. The molecule has 1 N–H and O–H groups in total. The van der Waals surface area contributed by atoms with E-state index in [4.69, 9.17) is 0 Å². The number of halogens is 2. The number of anilines is 2. The third-order valence-electron chi connectivity index (χ3n) is 2.94. The molecule has 0 atom stereocenters. The average Bonchev–Trinajstić information content (AvgIpc) is 2.35. The second kappa shape index (κ2) is 6.22. The van der Waals surface area contributed by atoms with Crippen molar-refractivity contribution in [1.29, 1.82) is 0 Å². The molecule has 5 heteroatoms. The molecule has 0 fully saturated rings. The maximum atomic E-state index is 4.55. The van der Waals surface area contributed by atoms with Crippen molar-refractivity contribution in [2.75, 3.05) is 5.32 Å². The normalized spacial score (nSPS) is 10.9. The lowest BCUT2D eigenvalue weighted by atomic mass is 10.1. The SMILES string of the molecule is Cc1cc(Nc2cc(Br)nc(C(C)C)n2)cc(C)c1Br. The van der Waals surface area contributed by atoms with Crippen LogP contribution in [0.15, 0.2) is 27.3 Å². The van der Waals surface area contributed by atoms with Crippen LogP contribution in [0.5, 0.6) is 0 Å². The number of aromatic nitrogens is 2. The summed E-state index contributed by atoms with van der Waals surface area (Å²) in [6, 6.07) is 6.09. The molecule has 106 valence electrons. The van der Waals surface area contributed by atoms with Gasteiger partial charge in [-0.25, -0.2) is 9.97 Å². The first-order valence-electron chi connectivity index (χ1n) is 6.45. The molecule has 0 aliphatic heterocycles. The molecule has 0 saturated heterocycles. The third-order valence-corrected chi connectivity index (χ3v) is 4.59. The van der Waals surface area contributed by atoms with Crippen LogP contribution < -0.4 is 5.32 Å². The summed E-state index contributed by atoms with van der Waals surface area (Å²) < 4.78 is 1.94. The number of aryl methyl sites for hydroxylation is 2. The quantitative estimate of drug-likeness (QED) is 0.695. The van der Waals surface area contributed by atoms with Gasteiger partial charge in [0.15, 0.2) is 0 Å². The molecule has 2 rings (SSSR count). The molecule has 0 spiro atoms. The maximum Gasteiger partial charge on any atom is 0.135 e. The molecule has 0 unspecified atom stereocenters. The van der Waals surface area contributed by atoms with Crippen LogP contribution in [0.3, 0.4) is 0 Å². The van der Waals surface area contributed by atoms with Gasteiger partial charge in [-0.05, 0) is 53.0 Å². The number of nitrogens with one attached hydrogen (secondary N) is 1. The lowest BCUT2D eigenvalue weighted by molar-refractivity contribution is 0.771. The van der Waals surface area contributed by atoms with Gasteiger partial charge in [-0.3, -0.25) is 0 Å². The topological polar surface area (TPSA) is 37.8 Å². The molecular weight excluding hydrogens is 382 g/mol. The Morgan fingerprint density at radius 3 is 2.15 bits per heavy atom. The predicted molar refractivity (Wildman–Crippen MR) is 90.7 cm³/mol. The standard InChI is InChI=1S/C15H17Br2N3/c1-8(2)15-19-12(16)7-13(20-15)18-11-5-9(3)14(17)10(4)6-11/h5-8H,1-4H3,(H,18,19,20). The molecule has 0 saturated carbocycles. The van der Waals surface area contributed by atoms with E-state index in [9.17, 15) is 0 Å². The monoisotopic (exact) mass is 397 g/mol. The van der Waals surface area contributed by atoms with Crippen LogP contribution >= 0.6 is 31.9 Å². The number of rotatable bonds is 3. The van der Waals surface area contributed by atoms with Crippen LogP contribution in [0.1, 0.15) is 36.7 Å². The van der Waals surface area contributed by atoms with Gasteiger partial charge >= 0.3 is 0 Å². The summed E-state index contributed by atoms with van der Waals surface area (Å²) >= 11 is 7.02. The van der Waals surface area contributed by atoms with Gasteiger partial charge in [0, 0.05) is 22.1 Å². The van der Waals surface area contributed by atoms with E-state index in [1.54, 1.807) is 0 Å². The van der Waals surface area contributed by atoms with Crippen molar-refractivity contribution in [1.82, 2.24) is 9.97 Å². The first-order chi connectivity index (χ1) is 9.36. The third kappa shape index (κ3) is 3.58. The van der Waals surface area contributed by atoms with E-state index in [-0.39, 0.29) is 0 Å². The minimum atomic E-state index is 0.293. The van der Waals surface area contributed by atoms with Crippen molar-refractivity contribution in [2.24, 2.45) is 0 Å². The highest BCUT2D eigenvalue weighted by Crippen LogP contribution is 2.27. The van der Waals surface area contributed by atoms with Gasteiger partial charge in [0.25, 0.3) is 0 Å². The van der Waals surface area contributed by atoms with Crippen LogP contribution in [-0.4, -0.2) is 9.97 Å². The zero-order valence-electron chi connectivity index (χ0n) is 12.0. The van der Waals surface area contributed by atoms with Crippen LogP contribution in [0, 0.1) is 13.8 Å². The van der Waals surface area contributed by atoms with Crippen molar-refractivity contribution in [3.8, 4) is 0 Å². The molecule has 0 bridgehead atoms. The highest BCUT2D eigenvalue weighted by atomic mass is 79.9. The smallest absolute Gasteiger partial charge is 0.135 e. The number of hydrogen-bond donors (Lipinski definition) is 1. The van der Waals surface area contributed by atoms with E-state index in [2.05, 4.69) is 87.0 Å². The molecule has 20 heavy (non-hydrogen) atoms. The Morgan fingerprint density at radius 2 is 1.60 bits per heavy atom. The fourth-order valence-corrected chi connectivity index (χ4v) is 2.55. The molecule has 0 aliphatic carbocycles. The van der Waals surface area contributed by atoms with Crippen LogP contribution in [0.2, 0.25) is 0 Å². The summed E-state index contributed by atoms with van der Waals surface area (Å²) in [6.07, 6.45) is 0. The van der Waals surface area contributed by atoms with Crippen molar-refractivity contribution >= 4 is 43.4 Å². The summed E-state index contributed by atoms with van der Waals surface area (Å²) in [7, 11) is 0.